The number of aromatic nitrogens is 3. The number of ether oxygens (including phenoxy) is 2. The van der Waals surface area contributed by atoms with Gasteiger partial charge in [0, 0.05) is 74.8 Å². The van der Waals surface area contributed by atoms with E-state index >= 15 is 0 Å². The summed E-state index contributed by atoms with van der Waals surface area (Å²) in [4.78, 5) is 62.5. The molecule has 12 nitrogen and oxygen atoms in total. The van der Waals surface area contributed by atoms with Gasteiger partial charge in [-0.25, -0.2) is 9.97 Å². The molecule has 3 heterocycles. The Labute approximate surface area is 325 Å². The summed E-state index contributed by atoms with van der Waals surface area (Å²) in [5, 5.41) is 6.52. The Hall–Kier alpha value is -5.57. The van der Waals surface area contributed by atoms with Crippen LogP contribution in [0.2, 0.25) is 25.7 Å². The summed E-state index contributed by atoms with van der Waals surface area (Å²) in [6, 6.07) is 24.4. The number of anilines is 2. The molecule has 2 N–H and O–H groups in total. The van der Waals surface area contributed by atoms with Crippen molar-refractivity contribution in [2.45, 2.75) is 64.5 Å². The monoisotopic (exact) mass is 776 g/mol. The topological polar surface area (TPSA) is 145 Å². The quantitative estimate of drug-likeness (QED) is 0.0378. The van der Waals surface area contributed by atoms with Crippen molar-refractivity contribution in [2.24, 2.45) is 0 Å². The zero-order valence-corrected chi connectivity index (χ0v) is 33.6. The van der Waals surface area contributed by atoms with Crippen molar-refractivity contribution >= 4 is 55.0 Å². The lowest BCUT2D eigenvalue weighted by molar-refractivity contribution is -0.132. The van der Waals surface area contributed by atoms with Gasteiger partial charge in [-0.15, -0.1) is 0 Å². The maximum absolute atomic E-state index is 14.1. The van der Waals surface area contributed by atoms with Crippen molar-refractivity contribution < 1.29 is 28.7 Å². The molecule has 0 radical (unpaired) electrons. The molecule has 0 bridgehead atoms. The fraction of sp³-hybridized carbons (Fsp3) is 0.268. The second-order valence-electron chi connectivity index (χ2n) is 14.4. The van der Waals surface area contributed by atoms with Gasteiger partial charge in [-0.05, 0) is 60.3 Å². The van der Waals surface area contributed by atoms with Crippen LogP contribution in [0.4, 0.5) is 11.5 Å². The van der Waals surface area contributed by atoms with E-state index in [4.69, 9.17) is 14.5 Å². The van der Waals surface area contributed by atoms with E-state index in [1.54, 1.807) is 47.5 Å². The number of nitrogens with zero attached hydrogens (tertiary/aromatic N) is 4. The maximum Gasteiger partial charge on any atom is 0.308 e. The highest BCUT2D eigenvalue weighted by Gasteiger charge is 2.30. The Morgan fingerprint density at radius 1 is 0.927 bits per heavy atom. The highest BCUT2D eigenvalue weighted by atomic mass is 32.2. The normalized spacial score (nSPS) is 12.4. The van der Waals surface area contributed by atoms with Gasteiger partial charge in [-0.2, -0.15) is 0 Å². The van der Waals surface area contributed by atoms with Gasteiger partial charge in [0.15, 0.2) is 5.16 Å². The predicted molar refractivity (Wildman–Crippen MR) is 217 cm³/mol. The molecule has 0 saturated heterocycles. The van der Waals surface area contributed by atoms with Crippen LogP contribution in [0.15, 0.2) is 90.2 Å². The third-order valence-corrected chi connectivity index (χ3v) is 11.3. The van der Waals surface area contributed by atoms with Crippen molar-refractivity contribution in [3.63, 3.8) is 0 Å². The molecular weight excluding hydrogens is 733 g/mol. The highest BCUT2D eigenvalue weighted by molar-refractivity contribution is 7.98. The van der Waals surface area contributed by atoms with Crippen molar-refractivity contribution in [1.82, 2.24) is 19.4 Å². The zero-order chi connectivity index (χ0) is 39.3. The Bertz CT molecular complexity index is 2270. The number of carbonyl (C=O) groups is 4. The lowest BCUT2D eigenvalue weighted by Crippen LogP contribution is -2.26. The van der Waals surface area contributed by atoms with Crippen LogP contribution >= 0.6 is 11.8 Å². The van der Waals surface area contributed by atoms with E-state index < -0.39 is 20.0 Å². The molecule has 5 aromatic rings. The molecular formula is C41H44N6O6SSi. The number of hydrogen-bond donors (Lipinski definition) is 2. The largest absolute Gasteiger partial charge is 0.426 e. The minimum Gasteiger partial charge on any atom is -0.426 e. The van der Waals surface area contributed by atoms with Gasteiger partial charge in [0.05, 0.1) is 17.9 Å². The number of hydrogen-bond acceptors (Lipinski definition) is 9. The van der Waals surface area contributed by atoms with Gasteiger partial charge in [-0.3, -0.25) is 23.7 Å². The molecule has 14 heteroatoms. The summed E-state index contributed by atoms with van der Waals surface area (Å²) in [5.74, 6) is -0.762. The van der Waals surface area contributed by atoms with Crippen LogP contribution in [-0.2, 0) is 34.1 Å². The first-order valence-corrected chi connectivity index (χ1v) is 22.8. The molecule has 1 aliphatic rings. The van der Waals surface area contributed by atoms with E-state index in [0.29, 0.717) is 41.5 Å². The van der Waals surface area contributed by atoms with Crippen LogP contribution in [0.25, 0.3) is 22.5 Å². The number of fused-ring (bicyclic) bond motifs is 1. The average Bonchev–Trinajstić information content (AvgIpc) is 3.67. The summed E-state index contributed by atoms with van der Waals surface area (Å²) in [7, 11) is -1.33. The van der Waals surface area contributed by atoms with Gasteiger partial charge in [0.2, 0.25) is 5.91 Å². The van der Waals surface area contributed by atoms with E-state index in [-0.39, 0.29) is 36.4 Å². The van der Waals surface area contributed by atoms with E-state index in [2.05, 4.69) is 35.3 Å². The minimum absolute atomic E-state index is 0.0600. The predicted octanol–water partition coefficient (Wildman–Crippen LogP) is 7.94. The second kappa shape index (κ2) is 16.8. The summed E-state index contributed by atoms with van der Waals surface area (Å²) in [6.45, 7) is 11.0. The molecule has 3 aromatic carbocycles. The number of rotatable bonds is 14. The molecule has 2 aromatic heterocycles. The van der Waals surface area contributed by atoms with E-state index in [0.717, 1.165) is 33.6 Å². The van der Waals surface area contributed by atoms with Crippen LogP contribution in [0.1, 0.15) is 45.7 Å². The molecule has 0 saturated carbocycles. The lowest BCUT2D eigenvalue weighted by Gasteiger charge is -2.20. The summed E-state index contributed by atoms with van der Waals surface area (Å²) < 4.78 is 13.8. The fourth-order valence-electron chi connectivity index (χ4n) is 6.33. The number of benzene rings is 3. The molecule has 6 rings (SSSR count). The zero-order valence-electron chi connectivity index (χ0n) is 31.8. The first kappa shape index (κ1) is 39.1. The van der Waals surface area contributed by atoms with Crippen molar-refractivity contribution in [3.8, 4) is 28.3 Å². The first-order valence-electron chi connectivity index (χ1n) is 17.9. The summed E-state index contributed by atoms with van der Waals surface area (Å²) in [5.41, 5.74) is 5.61. The smallest absolute Gasteiger partial charge is 0.308 e. The van der Waals surface area contributed by atoms with Crippen molar-refractivity contribution in [2.75, 3.05) is 23.5 Å². The maximum atomic E-state index is 14.1. The molecule has 0 fully saturated rings. The molecule has 0 atom stereocenters. The number of amides is 3. The standard InChI is InChI=1S/C41H44N6O6SSi/c1-26(48)43-36-22-29(17-18-42-36)38-37(45-41(54-3)47(38)25-52-19-20-55(4,5)6)28-12-9-13-31(21-28)44-39(50)33-15-10-16-35(53-27(2)49)34(33)24-46-23-30-11-7-8-14-32(30)40(46)51/h7-18,21-22H,19-20,23-25H2,1-6H3,(H,44,50)(H,42,43,48). The van der Waals surface area contributed by atoms with Crippen LogP contribution in [-0.4, -0.2) is 64.1 Å². The van der Waals surface area contributed by atoms with Gasteiger partial charge in [0.25, 0.3) is 11.8 Å². The van der Waals surface area contributed by atoms with E-state index in [1.807, 2.05) is 53.3 Å². The first-order chi connectivity index (χ1) is 26.3. The number of esters is 1. The van der Waals surface area contributed by atoms with Gasteiger partial charge in [0.1, 0.15) is 18.3 Å². The van der Waals surface area contributed by atoms with Gasteiger partial charge in [-0.1, -0.05) is 67.8 Å². The Balaban J connectivity index is 1.34. The molecule has 0 unspecified atom stereocenters. The number of pyridine rings is 1. The number of imidazole rings is 1. The molecule has 1 aliphatic heterocycles. The number of thioether (sulfide) groups is 1. The molecule has 55 heavy (non-hydrogen) atoms. The number of nitrogens with one attached hydrogen (secondary N) is 2. The van der Waals surface area contributed by atoms with Crippen molar-refractivity contribution in [1.29, 1.82) is 0 Å². The molecule has 0 aliphatic carbocycles. The molecule has 3 amide bonds. The summed E-state index contributed by atoms with van der Waals surface area (Å²) in [6.07, 6.45) is 3.59. The fourth-order valence-corrected chi connectivity index (χ4v) is 7.63. The lowest BCUT2D eigenvalue weighted by atomic mass is 10.0. The second-order valence-corrected chi connectivity index (χ2v) is 20.8. The minimum atomic E-state index is -1.33. The molecule has 284 valence electrons. The SMILES string of the molecule is CSc1nc(-c2cccc(NC(=O)c3cccc(OC(C)=O)c3CN3Cc4ccccc4C3=O)c2)c(-c2ccnc(NC(C)=O)c2)n1COCC[Si](C)(C)C. The van der Waals surface area contributed by atoms with Crippen molar-refractivity contribution in [3.05, 3.63) is 107 Å². The Kier molecular flexibility index (Phi) is 12.0. The Morgan fingerprint density at radius 2 is 1.71 bits per heavy atom. The average molecular weight is 777 g/mol. The Morgan fingerprint density at radius 3 is 2.44 bits per heavy atom. The highest BCUT2D eigenvalue weighted by Crippen LogP contribution is 2.37. The third-order valence-electron chi connectivity index (χ3n) is 8.94. The molecule has 0 spiro atoms. The van der Waals surface area contributed by atoms with Crippen LogP contribution in [0.5, 0.6) is 5.75 Å². The van der Waals surface area contributed by atoms with Gasteiger partial charge >= 0.3 is 5.97 Å². The van der Waals surface area contributed by atoms with Crippen LogP contribution in [0.3, 0.4) is 0 Å². The van der Waals surface area contributed by atoms with Crippen LogP contribution in [0, 0.1) is 0 Å². The number of carbonyl (C=O) groups excluding carboxylic acids is 4. The van der Waals surface area contributed by atoms with E-state index in [1.165, 1.54) is 25.6 Å². The third kappa shape index (κ3) is 9.39. The van der Waals surface area contributed by atoms with E-state index in [9.17, 15) is 19.2 Å². The van der Waals surface area contributed by atoms with Gasteiger partial charge < -0.3 is 25.0 Å². The summed E-state index contributed by atoms with van der Waals surface area (Å²) >= 11 is 1.49. The van der Waals surface area contributed by atoms with Crippen LogP contribution < -0.4 is 15.4 Å².